The quantitative estimate of drug-likeness (QED) is 0.842. The van der Waals surface area contributed by atoms with Crippen LogP contribution in [-0.2, 0) is 10.0 Å². The maximum Gasteiger partial charge on any atom is 0.243 e. The molecule has 0 aliphatic carbocycles. The van der Waals surface area contributed by atoms with E-state index >= 15 is 0 Å². The van der Waals surface area contributed by atoms with E-state index in [1.54, 1.807) is 34.9 Å². The molecule has 2 aliphatic heterocycles. The second kappa shape index (κ2) is 6.65. The van der Waals surface area contributed by atoms with Crippen LogP contribution in [0.2, 0.25) is 0 Å². The lowest BCUT2D eigenvalue weighted by Crippen LogP contribution is -2.30. The summed E-state index contributed by atoms with van der Waals surface area (Å²) in [5, 5.41) is 0. The van der Waals surface area contributed by atoms with Gasteiger partial charge in [-0.15, -0.1) is 0 Å². The first-order valence-electron chi connectivity index (χ1n) is 8.48. The van der Waals surface area contributed by atoms with Crippen LogP contribution in [0.25, 0.3) is 0 Å². The van der Waals surface area contributed by atoms with Crippen LogP contribution in [0.1, 0.15) is 30.9 Å². The number of fused-ring (bicyclic) bond motifs is 1. The zero-order valence-electron chi connectivity index (χ0n) is 13.8. The number of nitrogens with zero attached hydrogens (tertiary/aromatic N) is 2. The molecule has 0 N–H and O–H groups in total. The first kappa shape index (κ1) is 16.4. The van der Waals surface area contributed by atoms with Crippen molar-refractivity contribution < 1.29 is 17.9 Å². The Hall–Kier alpha value is -2.12. The first-order valence-corrected chi connectivity index (χ1v) is 9.92. The molecule has 3 heterocycles. The summed E-state index contributed by atoms with van der Waals surface area (Å²) >= 11 is 0. The highest BCUT2D eigenvalue weighted by Crippen LogP contribution is 2.38. The molecule has 132 valence electrons. The minimum Gasteiger partial charge on any atom is -0.490 e. The SMILES string of the molecule is O=S(=O)(c1ccc2c(c1)OCCCO2)N1CCCC1c1cccnc1. The zero-order chi connectivity index (χ0) is 17.3. The fraction of sp³-hybridized carbons (Fsp3) is 0.389. The number of benzene rings is 1. The van der Waals surface area contributed by atoms with Crippen LogP contribution < -0.4 is 9.47 Å². The van der Waals surface area contributed by atoms with Gasteiger partial charge in [-0.25, -0.2) is 8.42 Å². The zero-order valence-corrected chi connectivity index (χ0v) is 14.6. The number of sulfonamides is 1. The van der Waals surface area contributed by atoms with Crippen molar-refractivity contribution in [1.82, 2.24) is 9.29 Å². The molecular weight excluding hydrogens is 340 g/mol. The summed E-state index contributed by atoms with van der Waals surface area (Å²) in [6, 6.07) is 8.46. The fourth-order valence-electron chi connectivity index (χ4n) is 3.37. The third kappa shape index (κ3) is 3.09. The van der Waals surface area contributed by atoms with Crippen LogP contribution in [0.4, 0.5) is 0 Å². The van der Waals surface area contributed by atoms with Crippen LogP contribution in [0.3, 0.4) is 0 Å². The lowest BCUT2D eigenvalue weighted by Gasteiger charge is -2.24. The van der Waals surface area contributed by atoms with Gasteiger partial charge in [0.05, 0.1) is 24.2 Å². The average Bonchev–Trinajstić information content (AvgIpc) is 3.02. The Labute approximate surface area is 147 Å². The predicted molar refractivity (Wildman–Crippen MR) is 92.2 cm³/mol. The summed E-state index contributed by atoms with van der Waals surface area (Å²) < 4.78 is 39.2. The third-order valence-electron chi connectivity index (χ3n) is 4.60. The smallest absolute Gasteiger partial charge is 0.243 e. The predicted octanol–water partition coefficient (Wildman–Crippen LogP) is 2.77. The van der Waals surface area contributed by atoms with E-state index in [9.17, 15) is 8.42 Å². The highest BCUT2D eigenvalue weighted by atomic mass is 32.2. The van der Waals surface area contributed by atoms with Gasteiger partial charge in [0.2, 0.25) is 10.0 Å². The minimum atomic E-state index is -3.61. The molecule has 6 nitrogen and oxygen atoms in total. The summed E-state index contributed by atoms with van der Waals surface area (Å²) in [7, 11) is -3.61. The maximum atomic E-state index is 13.2. The fourth-order valence-corrected chi connectivity index (χ4v) is 5.07. The van der Waals surface area contributed by atoms with Crippen molar-refractivity contribution in [3.8, 4) is 11.5 Å². The van der Waals surface area contributed by atoms with Crippen molar-refractivity contribution in [3.05, 3.63) is 48.3 Å². The Kier molecular flexibility index (Phi) is 4.35. The van der Waals surface area contributed by atoms with Gasteiger partial charge in [-0.3, -0.25) is 4.98 Å². The molecule has 2 aliphatic rings. The topological polar surface area (TPSA) is 68.7 Å². The monoisotopic (exact) mass is 360 g/mol. The van der Waals surface area contributed by atoms with Crippen molar-refractivity contribution in [2.24, 2.45) is 0 Å². The van der Waals surface area contributed by atoms with Gasteiger partial charge in [0, 0.05) is 31.4 Å². The normalized spacial score (nSPS) is 21.0. The van der Waals surface area contributed by atoms with Gasteiger partial charge in [-0.2, -0.15) is 4.31 Å². The molecule has 0 spiro atoms. The minimum absolute atomic E-state index is 0.172. The Bertz CT molecular complexity index is 855. The first-order chi connectivity index (χ1) is 12.2. The molecule has 2 aromatic rings. The van der Waals surface area contributed by atoms with E-state index < -0.39 is 10.0 Å². The van der Waals surface area contributed by atoms with Crippen molar-refractivity contribution in [2.75, 3.05) is 19.8 Å². The molecule has 1 saturated heterocycles. The Morgan fingerprint density at radius 3 is 2.72 bits per heavy atom. The maximum absolute atomic E-state index is 13.2. The number of pyridine rings is 1. The Balaban J connectivity index is 1.68. The van der Waals surface area contributed by atoms with Crippen molar-refractivity contribution in [3.63, 3.8) is 0 Å². The van der Waals surface area contributed by atoms with Crippen LogP contribution in [0.5, 0.6) is 11.5 Å². The van der Waals surface area contributed by atoms with Gasteiger partial charge in [-0.05, 0) is 36.6 Å². The molecule has 1 unspecified atom stereocenters. The largest absolute Gasteiger partial charge is 0.490 e. The number of hydrogen-bond acceptors (Lipinski definition) is 5. The van der Waals surface area contributed by atoms with Crippen LogP contribution in [0.15, 0.2) is 47.6 Å². The van der Waals surface area contributed by atoms with E-state index in [0.29, 0.717) is 31.3 Å². The van der Waals surface area contributed by atoms with Gasteiger partial charge in [0.15, 0.2) is 11.5 Å². The number of aromatic nitrogens is 1. The van der Waals surface area contributed by atoms with E-state index in [2.05, 4.69) is 4.98 Å². The van der Waals surface area contributed by atoms with Crippen LogP contribution in [-0.4, -0.2) is 37.5 Å². The summed E-state index contributed by atoms with van der Waals surface area (Å²) in [6.07, 6.45) is 5.86. The van der Waals surface area contributed by atoms with Crippen LogP contribution in [0, 0.1) is 0 Å². The summed E-state index contributed by atoms with van der Waals surface area (Å²) in [5.74, 6) is 1.09. The number of rotatable bonds is 3. The van der Waals surface area contributed by atoms with E-state index in [4.69, 9.17) is 9.47 Å². The van der Waals surface area contributed by atoms with E-state index in [-0.39, 0.29) is 10.9 Å². The lowest BCUT2D eigenvalue weighted by atomic mass is 10.1. The molecule has 0 amide bonds. The second-order valence-electron chi connectivity index (χ2n) is 6.22. The van der Waals surface area contributed by atoms with Gasteiger partial charge < -0.3 is 9.47 Å². The molecule has 1 fully saturated rings. The highest BCUT2D eigenvalue weighted by molar-refractivity contribution is 7.89. The molecule has 1 aromatic carbocycles. The molecule has 4 rings (SSSR count). The molecule has 1 aromatic heterocycles. The standard InChI is InChI=1S/C18H20N2O4S/c21-25(22,15-6-7-17-18(12-15)24-11-3-10-23-17)20-9-2-5-16(20)14-4-1-8-19-13-14/h1,4,6-8,12-13,16H,2-3,5,9-11H2. The molecule has 0 radical (unpaired) electrons. The molecule has 1 atom stereocenters. The summed E-state index contributed by atoms with van der Waals surface area (Å²) in [6.45, 7) is 1.61. The average molecular weight is 360 g/mol. The summed E-state index contributed by atoms with van der Waals surface area (Å²) in [5.41, 5.74) is 0.929. The van der Waals surface area contributed by atoms with Gasteiger partial charge in [-0.1, -0.05) is 6.07 Å². The van der Waals surface area contributed by atoms with E-state index in [1.165, 1.54) is 0 Å². The molecular formula is C18H20N2O4S. The highest BCUT2D eigenvalue weighted by Gasteiger charge is 2.36. The second-order valence-corrected chi connectivity index (χ2v) is 8.11. The summed E-state index contributed by atoms with van der Waals surface area (Å²) in [4.78, 5) is 4.37. The van der Waals surface area contributed by atoms with Gasteiger partial charge in [0.25, 0.3) is 0 Å². The molecule has 7 heteroatoms. The van der Waals surface area contributed by atoms with Crippen molar-refractivity contribution >= 4 is 10.0 Å². The van der Waals surface area contributed by atoms with Crippen molar-refractivity contribution in [1.29, 1.82) is 0 Å². The number of ether oxygens (including phenoxy) is 2. The number of hydrogen-bond donors (Lipinski definition) is 0. The Morgan fingerprint density at radius 2 is 1.92 bits per heavy atom. The third-order valence-corrected chi connectivity index (χ3v) is 6.50. The van der Waals surface area contributed by atoms with Gasteiger partial charge >= 0.3 is 0 Å². The van der Waals surface area contributed by atoms with Gasteiger partial charge in [0.1, 0.15) is 0 Å². The van der Waals surface area contributed by atoms with Crippen molar-refractivity contribution in [2.45, 2.75) is 30.2 Å². The van der Waals surface area contributed by atoms with E-state index in [0.717, 1.165) is 24.8 Å². The molecule has 25 heavy (non-hydrogen) atoms. The Morgan fingerprint density at radius 1 is 1.08 bits per heavy atom. The molecule has 0 bridgehead atoms. The lowest BCUT2D eigenvalue weighted by molar-refractivity contribution is 0.296. The van der Waals surface area contributed by atoms with Crippen LogP contribution >= 0.6 is 0 Å². The van der Waals surface area contributed by atoms with E-state index in [1.807, 2.05) is 12.1 Å². The molecule has 0 saturated carbocycles.